The largest absolute Gasteiger partial charge is 0.337 e. The minimum absolute atomic E-state index is 0.870. The molecule has 60 valence electrons. The molecule has 1 aromatic heterocycles. The van der Waals surface area contributed by atoms with E-state index in [0.717, 1.165) is 17.2 Å². The highest BCUT2D eigenvalue weighted by Crippen LogP contribution is 2.30. The lowest BCUT2D eigenvalue weighted by atomic mass is 10.4. The maximum absolute atomic E-state index is 5.13. The number of nitrogens with one attached hydrogen (secondary N) is 1. The Bertz CT molecular complexity index is 306. The highest BCUT2D eigenvalue weighted by molar-refractivity contribution is 7.71. The Balaban J connectivity index is 2.26. The van der Waals surface area contributed by atoms with E-state index in [2.05, 4.69) is 16.5 Å². The van der Waals surface area contributed by atoms with E-state index in [0.29, 0.717) is 0 Å². The summed E-state index contributed by atoms with van der Waals surface area (Å²) in [5.41, 5.74) is 1.25. The molecular weight excluding hydrogens is 156 g/mol. The molecule has 0 atom stereocenters. The highest BCUT2D eigenvalue weighted by atomic mass is 32.1. The number of aryl methyl sites for hydroxylation is 1. The zero-order chi connectivity index (χ0) is 7.84. The van der Waals surface area contributed by atoms with Gasteiger partial charge in [0, 0.05) is 18.4 Å². The molecule has 3 heteroatoms. The van der Waals surface area contributed by atoms with E-state index in [1.165, 1.54) is 18.5 Å². The second-order valence-corrected chi connectivity index (χ2v) is 3.68. The summed E-state index contributed by atoms with van der Waals surface area (Å²) >= 11 is 5.13. The zero-order valence-electron chi connectivity index (χ0n) is 6.63. The normalized spacial score (nSPS) is 17.2. The average molecular weight is 168 g/mol. The molecule has 1 saturated carbocycles. The van der Waals surface area contributed by atoms with Crippen LogP contribution >= 0.6 is 12.2 Å². The van der Waals surface area contributed by atoms with Gasteiger partial charge in [0.25, 0.3) is 0 Å². The van der Waals surface area contributed by atoms with Crippen molar-refractivity contribution in [1.29, 1.82) is 0 Å². The number of H-pyrrole nitrogens is 1. The Hall–Kier alpha value is -0.570. The van der Waals surface area contributed by atoms with Gasteiger partial charge >= 0.3 is 0 Å². The molecule has 1 aromatic rings. The van der Waals surface area contributed by atoms with Gasteiger partial charge in [0.05, 0.1) is 0 Å². The highest BCUT2D eigenvalue weighted by Gasteiger charge is 2.22. The maximum Gasteiger partial charge on any atom is 0.177 e. The second-order valence-electron chi connectivity index (χ2n) is 3.29. The molecule has 1 aliphatic rings. The van der Waals surface area contributed by atoms with Crippen molar-refractivity contribution in [3.8, 4) is 0 Å². The van der Waals surface area contributed by atoms with Crippen LogP contribution in [0.4, 0.5) is 0 Å². The molecule has 1 fully saturated rings. The topological polar surface area (TPSA) is 20.7 Å². The van der Waals surface area contributed by atoms with Gasteiger partial charge in [0.15, 0.2) is 4.77 Å². The van der Waals surface area contributed by atoms with E-state index < -0.39 is 0 Å². The number of aromatic nitrogens is 2. The number of aromatic amines is 1. The molecule has 2 nitrogen and oxygen atoms in total. The van der Waals surface area contributed by atoms with Crippen LogP contribution in [0, 0.1) is 17.6 Å². The van der Waals surface area contributed by atoms with Crippen molar-refractivity contribution in [3.63, 3.8) is 0 Å². The molecule has 11 heavy (non-hydrogen) atoms. The fraction of sp³-hybridized carbons (Fsp3) is 0.625. The van der Waals surface area contributed by atoms with Crippen LogP contribution < -0.4 is 0 Å². The van der Waals surface area contributed by atoms with Crippen molar-refractivity contribution in [2.75, 3.05) is 0 Å². The van der Waals surface area contributed by atoms with Crippen LogP contribution in [0.3, 0.4) is 0 Å². The lowest BCUT2D eigenvalue weighted by Gasteiger charge is -2.01. The molecule has 0 radical (unpaired) electrons. The van der Waals surface area contributed by atoms with Crippen molar-refractivity contribution < 1.29 is 0 Å². The Kier molecular flexibility index (Phi) is 1.60. The van der Waals surface area contributed by atoms with E-state index in [1.807, 2.05) is 6.20 Å². The predicted octanol–water partition coefficient (Wildman–Crippen LogP) is 2.26. The summed E-state index contributed by atoms with van der Waals surface area (Å²) in [5, 5.41) is 0. The molecule has 0 unspecified atom stereocenters. The summed E-state index contributed by atoms with van der Waals surface area (Å²) in [6, 6.07) is 0. The Labute approximate surface area is 71.2 Å². The van der Waals surface area contributed by atoms with E-state index in [4.69, 9.17) is 12.2 Å². The molecule has 0 amide bonds. The summed E-state index contributed by atoms with van der Waals surface area (Å²) < 4.78 is 3.06. The van der Waals surface area contributed by atoms with Gasteiger partial charge in [-0.15, -0.1) is 0 Å². The zero-order valence-corrected chi connectivity index (χ0v) is 7.45. The number of hydrogen-bond acceptors (Lipinski definition) is 1. The summed E-state index contributed by atoms with van der Waals surface area (Å²) in [4.78, 5) is 3.05. The van der Waals surface area contributed by atoms with Crippen molar-refractivity contribution >= 4 is 12.2 Å². The van der Waals surface area contributed by atoms with E-state index in [-0.39, 0.29) is 0 Å². The van der Waals surface area contributed by atoms with Crippen LogP contribution in [-0.4, -0.2) is 9.55 Å². The Morgan fingerprint density at radius 1 is 1.73 bits per heavy atom. The lowest BCUT2D eigenvalue weighted by Crippen LogP contribution is -2.01. The van der Waals surface area contributed by atoms with Gasteiger partial charge in [0.1, 0.15) is 0 Å². The SMILES string of the molecule is Cc1c[nH]c(=S)n1CC1CC1. The van der Waals surface area contributed by atoms with Crippen LogP contribution in [0.5, 0.6) is 0 Å². The van der Waals surface area contributed by atoms with Crippen molar-refractivity contribution in [2.24, 2.45) is 5.92 Å². The summed E-state index contributed by atoms with van der Waals surface area (Å²) in [6.07, 6.45) is 4.74. The molecule has 1 N–H and O–H groups in total. The summed E-state index contributed by atoms with van der Waals surface area (Å²) in [6.45, 7) is 3.21. The molecule has 0 aromatic carbocycles. The number of rotatable bonds is 2. The number of nitrogens with zero attached hydrogens (tertiary/aromatic N) is 1. The van der Waals surface area contributed by atoms with E-state index >= 15 is 0 Å². The molecule has 1 aliphatic carbocycles. The third kappa shape index (κ3) is 1.38. The maximum atomic E-state index is 5.13. The number of imidazole rings is 1. The van der Waals surface area contributed by atoms with Crippen LogP contribution in [0.2, 0.25) is 0 Å². The fourth-order valence-electron chi connectivity index (χ4n) is 1.27. The average Bonchev–Trinajstić information content (AvgIpc) is 2.73. The van der Waals surface area contributed by atoms with Gasteiger partial charge in [-0.25, -0.2) is 0 Å². The molecule has 0 aliphatic heterocycles. The van der Waals surface area contributed by atoms with Gasteiger partial charge in [-0.3, -0.25) is 0 Å². The third-order valence-electron chi connectivity index (χ3n) is 2.21. The minimum atomic E-state index is 0.870. The van der Waals surface area contributed by atoms with Crippen LogP contribution in [-0.2, 0) is 6.54 Å². The van der Waals surface area contributed by atoms with Crippen LogP contribution in [0.25, 0.3) is 0 Å². The van der Waals surface area contributed by atoms with Crippen LogP contribution in [0.15, 0.2) is 6.20 Å². The lowest BCUT2D eigenvalue weighted by molar-refractivity contribution is 0.606. The minimum Gasteiger partial charge on any atom is -0.337 e. The molecule has 0 spiro atoms. The first-order valence-corrected chi connectivity index (χ1v) is 4.43. The number of hydrogen-bond donors (Lipinski definition) is 1. The molecule has 2 rings (SSSR count). The first kappa shape index (κ1) is 7.10. The van der Waals surface area contributed by atoms with Gasteiger partial charge < -0.3 is 9.55 Å². The van der Waals surface area contributed by atoms with Crippen molar-refractivity contribution in [2.45, 2.75) is 26.3 Å². The molecule has 0 saturated heterocycles. The first-order chi connectivity index (χ1) is 5.27. The predicted molar refractivity (Wildman–Crippen MR) is 47.1 cm³/mol. The van der Waals surface area contributed by atoms with E-state index in [9.17, 15) is 0 Å². The fourth-order valence-corrected chi connectivity index (χ4v) is 1.55. The Morgan fingerprint density at radius 2 is 2.45 bits per heavy atom. The smallest absolute Gasteiger partial charge is 0.177 e. The quantitative estimate of drug-likeness (QED) is 0.672. The van der Waals surface area contributed by atoms with Gasteiger partial charge in [-0.2, -0.15) is 0 Å². The molecule has 0 bridgehead atoms. The second kappa shape index (κ2) is 2.48. The van der Waals surface area contributed by atoms with Gasteiger partial charge in [-0.05, 0) is 37.9 Å². The van der Waals surface area contributed by atoms with E-state index in [1.54, 1.807) is 0 Å². The van der Waals surface area contributed by atoms with Crippen molar-refractivity contribution in [3.05, 3.63) is 16.7 Å². The first-order valence-electron chi connectivity index (χ1n) is 4.02. The van der Waals surface area contributed by atoms with Crippen molar-refractivity contribution in [1.82, 2.24) is 9.55 Å². The standard InChI is InChI=1S/C8H12N2S/c1-6-4-9-8(11)10(6)5-7-2-3-7/h4,7H,2-3,5H2,1H3,(H,9,11). The summed E-state index contributed by atoms with van der Waals surface area (Å²) in [7, 11) is 0. The summed E-state index contributed by atoms with van der Waals surface area (Å²) in [5.74, 6) is 0.899. The molecular formula is C8H12N2S. The van der Waals surface area contributed by atoms with Gasteiger partial charge in [-0.1, -0.05) is 0 Å². The third-order valence-corrected chi connectivity index (χ3v) is 2.55. The van der Waals surface area contributed by atoms with Gasteiger partial charge in [0.2, 0.25) is 0 Å². The molecule has 1 heterocycles. The monoisotopic (exact) mass is 168 g/mol. The van der Waals surface area contributed by atoms with Crippen LogP contribution in [0.1, 0.15) is 18.5 Å². The Morgan fingerprint density at radius 3 is 2.91 bits per heavy atom.